The Morgan fingerprint density at radius 2 is 1.09 bits per heavy atom. The fraction of sp³-hybridized carbons (Fsp3) is 0.152. The molecule has 4 aromatic carbocycles. The van der Waals surface area contributed by atoms with Crippen LogP contribution >= 0.6 is 7.26 Å². The predicted molar refractivity (Wildman–Crippen MR) is 151 cm³/mol. The van der Waals surface area contributed by atoms with Crippen molar-refractivity contribution in [1.29, 1.82) is 0 Å². The van der Waals surface area contributed by atoms with E-state index in [0.29, 0.717) is 0 Å². The lowest BCUT2D eigenvalue weighted by Crippen LogP contribution is -2.33. The molecule has 0 saturated heterocycles. The third-order valence-electron chi connectivity index (χ3n) is 6.59. The molecular weight excluding hydrogens is 427 g/mol. The Labute approximate surface area is 205 Å². The first-order valence-corrected chi connectivity index (χ1v) is 13.8. The molecule has 34 heavy (non-hydrogen) atoms. The zero-order valence-electron chi connectivity index (χ0n) is 20.5. The zero-order valence-corrected chi connectivity index (χ0v) is 21.4. The van der Waals surface area contributed by atoms with Gasteiger partial charge in [0, 0.05) is 5.56 Å². The van der Waals surface area contributed by atoms with Crippen molar-refractivity contribution in [3.8, 4) is 11.8 Å². The van der Waals surface area contributed by atoms with E-state index in [1.54, 1.807) is 0 Å². The van der Waals surface area contributed by atoms with Gasteiger partial charge >= 0.3 is 0 Å². The van der Waals surface area contributed by atoms with E-state index in [4.69, 9.17) is 0 Å². The highest BCUT2D eigenvalue weighted by Gasteiger charge is 2.44. The maximum absolute atomic E-state index is 3.47. The standard InChI is InChI=1S/C33H32P/c1-26(20-23-33-28(3)22-21-27(2)29(33)4)24-25-34(30-14-8-5-9-15-30,31-16-10-6-11-17-31)32-18-12-7-13-19-32/h5-19,21-22,24H,25H2,1-4H3/q+1/b26-24+. The van der Waals surface area contributed by atoms with Crippen molar-refractivity contribution in [1.82, 2.24) is 0 Å². The van der Waals surface area contributed by atoms with Gasteiger partial charge in [0.25, 0.3) is 0 Å². The third-order valence-corrected chi connectivity index (χ3v) is 10.9. The second kappa shape index (κ2) is 10.7. The van der Waals surface area contributed by atoms with Gasteiger partial charge in [0.05, 0.1) is 6.16 Å². The predicted octanol–water partition coefficient (Wildman–Crippen LogP) is 6.90. The van der Waals surface area contributed by atoms with Crippen LogP contribution in [0.25, 0.3) is 0 Å². The number of hydrogen-bond acceptors (Lipinski definition) is 0. The minimum Gasteiger partial charge on any atom is -0.0666 e. The van der Waals surface area contributed by atoms with Crippen LogP contribution in [0, 0.1) is 32.6 Å². The van der Waals surface area contributed by atoms with E-state index in [0.717, 1.165) is 17.3 Å². The van der Waals surface area contributed by atoms with Crippen molar-refractivity contribution >= 4 is 23.2 Å². The molecule has 0 saturated carbocycles. The highest BCUT2D eigenvalue weighted by molar-refractivity contribution is 7.95. The van der Waals surface area contributed by atoms with Gasteiger partial charge in [-0.3, -0.25) is 0 Å². The summed E-state index contributed by atoms with van der Waals surface area (Å²) >= 11 is 0. The summed E-state index contributed by atoms with van der Waals surface area (Å²) in [6.07, 6.45) is 3.30. The molecule has 1 heteroatoms. The Morgan fingerprint density at radius 3 is 1.56 bits per heavy atom. The normalized spacial score (nSPS) is 11.6. The Morgan fingerprint density at radius 1 is 0.647 bits per heavy atom. The van der Waals surface area contributed by atoms with Gasteiger partial charge < -0.3 is 0 Å². The van der Waals surface area contributed by atoms with Gasteiger partial charge in [-0.1, -0.05) is 78.6 Å². The summed E-state index contributed by atoms with van der Waals surface area (Å²) in [6, 6.07) is 37.4. The summed E-state index contributed by atoms with van der Waals surface area (Å²) in [6.45, 7) is 8.61. The smallest absolute Gasteiger partial charge is 0.0666 e. The highest BCUT2D eigenvalue weighted by atomic mass is 31.2. The van der Waals surface area contributed by atoms with Gasteiger partial charge in [-0.2, -0.15) is 0 Å². The number of aryl methyl sites for hydroxylation is 2. The summed E-state index contributed by atoms with van der Waals surface area (Å²) in [5.74, 6) is 6.94. The second-order valence-corrected chi connectivity index (χ2v) is 12.4. The molecule has 0 fully saturated rings. The lowest BCUT2D eigenvalue weighted by molar-refractivity contribution is 1.27. The molecule has 0 spiro atoms. The molecule has 0 amide bonds. The average molecular weight is 460 g/mol. The Bertz CT molecular complexity index is 1240. The van der Waals surface area contributed by atoms with Crippen molar-refractivity contribution < 1.29 is 0 Å². The SMILES string of the molecule is C/C(C#Cc1c(C)ccc(C)c1C)=C\C[P+](c1ccccc1)(c1ccccc1)c1ccccc1. The number of allylic oxidation sites excluding steroid dienone is 2. The van der Waals surface area contributed by atoms with Gasteiger partial charge in [-0.25, -0.2) is 0 Å². The molecule has 0 radical (unpaired) electrons. The first-order chi connectivity index (χ1) is 16.5. The lowest BCUT2D eigenvalue weighted by Gasteiger charge is -2.26. The molecule has 4 aromatic rings. The molecule has 0 bridgehead atoms. The van der Waals surface area contributed by atoms with Crippen molar-refractivity contribution in [2.75, 3.05) is 6.16 Å². The van der Waals surface area contributed by atoms with E-state index in [1.807, 2.05) is 0 Å². The van der Waals surface area contributed by atoms with Crippen LogP contribution in [-0.4, -0.2) is 6.16 Å². The molecule has 0 aromatic heterocycles. The summed E-state index contributed by atoms with van der Waals surface area (Å²) in [7, 11) is -1.87. The molecule has 0 nitrogen and oxygen atoms in total. The minimum absolute atomic E-state index is 0.942. The molecule has 0 aliphatic rings. The maximum Gasteiger partial charge on any atom is 0.116 e. The molecule has 0 N–H and O–H groups in total. The summed E-state index contributed by atoms with van der Waals surface area (Å²) in [5, 5.41) is 4.19. The Hall–Kier alpha value is -3.39. The van der Waals surface area contributed by atoms with E-state index >= 15 is 0 Å². The lowest BCUT2D eigenvalue weighted by atomic mass is 9.98. The molecule has 4 rings (SSSR count). The number of hydrogen-bond donors (Lipinski definition) is 0. The topological polar surface area (TPSA) is 0 Å². The van der Waals surface area contributed by atoms with Crippen LogP contribution in [0.4, 0.5) is 0 Å². The van der Waals surface area contributed by atoms with Gasteiger partial charge in [0.15, 0.2) is 0 Å². The van der Waals surface area contributed by atoms with Gasteiger partial charge in [0.1, 0.15) is 23.2 Å². The summed E-state index contributed by atoms with van der Waals surface area (Å²) in [5.41, 5.74) is 6.08. The van der Waals surface area contributed by atoms with Crippen LogP contribution in [-0.2, 0) is 0 Å². The first-order valence-electron chi connectivity index (χ1n) is 11.8. The van der Waals surface area contributed by atoms with Crippen molar-refractivity contribution in [2.45, 2.75) is 27.7 Å². The minimum atomic E-state index is -1.87. The van der Waals surface area contributed by atoms with Crippen molar-refractivity contribution in [3.05, 3.63) is 137 Å². The van der Waals surface area contributed by atoms with Crippen LogP contribution < -0.4 is 15.9 Å². The van der Waals surface area contributed by atoms with E-state index in [9.17, 15) is 0 Å². The van der Waals surface area contributed by atoms with Gasteiger partial charge in [-0.15, -0.1) is 0 Å². The maximum atomic E-state index is 3.47. The summed E-state index contributed by atoms with van der Waals surface area (Å²) < 4.78 is 0. The number of benzene rings is 4. The molecule has 0 unspecified atom stereocenters. The average Bonchev–Trinajstić information content (AvgIpc) is 2.89. The summed E-state index contributed by atoms with van der Waals surface area (Å²) in [4.78, 5) is 0. The van der Waals surface area contributed by atoms with Crippen LogP contribution in [0.3, 0.4) is 0 Å². The van der Waals surface area contributed by atoms with E-state index in [1.165, 1.54) is 32.6 Å². The molecule has 0 heterocycles. The van der Waals surface area contributed by atoms with E-state index < -0.39 is 7.26 Å². The first kappa shape index (κ1) is 23.8. The molecule has 0 atom stereocenters. The Kier molecular flexibility index (Phi) is 7.47. The highest BCUT2D eigenvalue weighted by Crippen LogP contribution is 2.55. The largest absolute Gasteiger partial charge is 0.116 e. The molecule has 0 aliphatic carbocycles. The van der Waals surface area contributed by atoms with Crippen LogP contribution in [0.2, 0.25) is 0 Å². The van der Waals surface area contributed by atoms with Crippen molar-refractivity contribution in [2.24, 2.45) is 0 Å². The van der Waals surface area contributed by atoms with Crippen LogP contribution in [0.1, 0.15) is 29.2 Å². The van der Waals surface area contributed by atoms with Gasteiger partial charge in [0.2, 0.25) is 0 Å². The second-order valence-electron chi connectivity index (χ2n) is 8.84. The van der Waals surface area contributed by atoms with Crippen LogP contribution in [0.5, 0.6) is 0 Å². The monoisotopic (exact) mass is 459 g/mol. The molecular formula is C33H32P+. The fourth-order valence-corrected chi connectivity index (χ4v) is 8.56. The molecule has 0 aliphatic heterocycles. The van der Waals surface area contributed by atoms with E-state index in [-0.39, 0.29) is 0 Å². The molecule has 168 valence electrons. The van der Waals surface area contributed by atoms with Crippen molar-refractivity contribution in [3.63, 3.8) is 0 Å². The Balaban J connectivity index is 1.82. The van der Waals surface area contributed by atoms with E-state index in [2.05, 4.69) is 149 Å². The fourth-order valence-electron chi connectivity index (χ4n) is 4.44. The van der Waals surface area contributed by atoms with Gasteiger partial charge in [-0.05, 0) is 92.4 Å². The number of rotatable bonds is 5. The zero-order chi connectivity index (χ0) is 24.0. The quantitative estimate of drug-likeness (QED) is 0.225. The van der Waals surface area contributed by atoms with Crippen LogP contribution in [0.15, 0.2) is 115 Å². The third kappa shape index (κ3) is 4.92.